The first kappa shape index (κ1) is 22.4. The van der Waals surface area contributed by atoms with E-state index in [0.29, 0.717) is 22.9 Å². The predicted octanol–water partition coefficient (Wildman–Crippen LogP) is 3.62. The molecule has 170 valence electrons. The van der Waals surface area contributed by atoms with E-state index in [-0.39, 0.29) is 23.6 Å². The third-order valence-corrected chi connectivity index (χ3v) is 4.98. The molecular weight excluding hydrogens is 436 g/mol. The minimum atomic E-state index is -0.664. The van der Waals surface area contributed by atoms with Crippen LogP contribution in [0.5, 0.6) is 17.4 Å². The number of pyridine rings is 1. The number of nitriles is 1. The van der Waals surface area contributed by atoms with E-state index in [0.717, 1.165) is 5.56 Å². The van der Waals surface area contributed by atoms with Crippen molar-refractivity contribution in [2.24, 2.45) is 0 Å². The molecule has 9 nitrogen and oxygen atoms in total. The van der Waals surface area contributed by atoms with Crippen molar-refractivity contribution in [3.63, 3.8) is 0 Å². The number of methoxy groups -OCH3 is 1. The van der Waals surface area contributed by atoms with Gasteiger partial charge in [-0.15, -0.1) is 0 Å². The Morgan fingerprint density at radius 2 is 1.97 bits per heavy atom. The molecule has 0 aliphatic heterocycles. The van der Waals surface area contributed by atoms with Crippen LogP contribution >= 0.6 is 0 Å². The van der Waals surface area contributed by atoms with Crippen LogP contribution in [0.4, 0.5) is 0 Å². The molecule has 0 radical (unpaired) electrons. The molecule has 0 saturated heterocycles. The summed E-state index contributed by atoms with van der Waals surface area (Å²) in [5.41, 5.74) is 0.352. The highest BCUT2D eigenvalue weighted by atomic mass is 16.5. The number of rotatable bonds is 7. The van der Waals surface area contributed by atoms with E-state index < -0.39 is 11.5 Å². The average Bonchev–Trinajstić information content (AvgIpc) is 3.37. The number of carbonyl (C=O) groups excluding carboxylic acids is 1. The standard InChI is InChI=1S/C25H20N4O5/c1-16-5-3-11-29-22(16)28-24(34-19-9-7-18(32-2)8-10-19)21(25(29)31)13-17(14-26)23(30)27-15-20-6-4-12-33-20/h3-13H,15H2,1-2H3,(H,27,30). The van der Waals surface area contributed by atoms with Crippen molar-refractivity contribution in [1.82, 2.24) is 14.7 Å². The lowest BCUT2D eigenvalue weighted by molar-refractivity contribution is -0.117. The molecule has 1 aromatic carbocycles. The molecule has 0 fully saturated rings. The third-order valence-electron chi connectivity index (χ3n) is 4.98. The number of aryl methyl sites for hydroxylation is 1. The molecule has 1 N–H and O–H groups in total. The smallest absolute Gasteiger partial charge is 0.269 e. The van der Waals surface area contributed by atoms with Crippen molar-refractivity contribution in [1.29, 1.82) is 5.26 Å². The van der Waals surface area contributed by atoms with Crippen LogP contribution in [0.1, 0.15) is 16.9 Å². The van der Waals surface area contributed by atoms with Gasteiger partial charge in [-0.2, -0.15) is 10.2 Å². The zero-order valence-electron chi connectivity index (χ0n) is 18.4. The van der Waals surface area contributed by atoms with E-state index in [1.807, 2.05) is 19.1 Å². The molecule has 0 atom stereocenters. The summed E-state index contributed by atoms with van der Waals surface area (Å²) in [6.07, 6.45) is 4.23. The summed E-state index contributed by atoms with van der Waals surface area (Å²) in [7, 11) is 1.55. The van der Waals surface area contributed by atoms with E-state index in [1.54, 1.807) is 55.8 Å². The fraction of sp³-hybridized carbons (Fsp3) is 0.120. The van der Waals surface area contributed by atoms with Gasteiger partial charge in [-0.3, -0.25) is 14.0 Å². The summed E-state index contributed by atoms with van der Waals surface area (Å²) in [5, 5.41) is 12.2. The topological polar surface area (TPSA) is 119 Å². The molecule has 1 amide bonds. The number of ether oxygens (including phenoxy) is 2. The highest BCUT2D eigenvalue weighted by molar-refractivity contribution is 6.01. The number of nitrogens with zero attached hydrogens (tertiary/aromatic N) is 3. The average molecular weight is 456 g/mol. The largest absolute Gasteiger partial charge is 0.497 e. The minimum Gasteiger partial charge on any atom is -0.497 e. The van der Waals surface area contributed by atoms with Gasteiger partial charge in [0.25, 0.3) is 11.5 Å². The number of nitrogens with one attached hydrogen (secondary N) is 1. The lowest BCUT2D eigenvalue weighted by Gasteiger charge is -2.12. The van der Waals surface area contributed by atoms with Gasteiger partial charge in [-0.1, -0.05) is 6.07 Å². The van der Waals surface area contributed by atoms with Crippen LogP contribution in [0.25, 0.3) is 11.7 Å². The zero-order valence-corrected chi connectivity index (χ0v) is 18.4. The number of amides is 1. The summed E-state index contributed by atoms with van der Waals surface area (Å²) in [4.78, 5) is 30.5. The van der Waals surface area contributed by atoms with Crippen LogP contribution < -0.4 is 20.3 Å². The monoisotopic (exact) mass is 456 g/mol. The number of furan rings is 1. The maximum Gasteiger partial charge on any atom is 0.269 e. The summed E-state index contributed by atoms with van der Waals surface area (Å²) in [6.45, 7) is 1.91. The summed E-state index contributed by atoms with van der Waals surface area (Å²) in [6, 6.07) is 15.5. The molecule has 3 aromatic heterocycles. The Morgan fingerprint density at radius 1 is 1.21 bits per heavy atom. The van der Waals surface area contributed by atoms with Crippen LogP contribution in [-0.2, 0) is 11.3 Å². The first-order valence-electron chi connectivity index (χ1n) is 10.3. The van der Waals surface area contributed by atoms with Crippen molar-refractivity contribution in [3.05, 3.63) is 93.8 Å². The Kier molecular flexibility index (Phi) is 6.41. The second kappa shape index (κ2) is 9.75. The molecule has 0 unspecified atom stereocenters. The molecule has 9 heteroatoms. The van der Waals surface area contributed by atoms with Crippen molar-refractivity contribution in [3.8, 4) is 23.4 Å². The van der Waals surface area contributed by atoms with E-state index in [4.69, 9.17) is 13.9 Å². The molecule has 4 rings (SSSR count). The van der Waals surface area contributed by atoms with E-state index in [1.165, 1.54) is 16.7 Å². The van der Waals surface area contributed by atoms with Gasteiger partial charge in [0.2, 0.25) is 5.88 Å². The van der Waals surface area contributed by atoms with Gasteiger partial charge in [-0.25, -0.2) is 0 Å². The molecule has 0 spiro atoms. The summed E-state index contributed by atoms with van der Waals surface area (Å²) < 4.78 is 17.6. The second-order valence-corrected chi connectivity index (χ2v) is 7.23. The van der Waals surface area contributed by atoms with Gasteiger partial charge in [0.05, 0.1) is 19.9 Å². The molecule has 34 heavy (non-hydrogen) atoms. The van der Waals surface area contributed by atoms with Crippen LogP contribution in [-0.4, -0.2) is 22.4 Å². The van der Waals surface area contributed by atoms with E-state index in [2.05, 4.69) is 10.3 Å². The first-order valence-corrected chi connectivity index (χ1v) is 10.3. The van der Waals surface area contributed by atoms with Gasteiger partial charge in [0.1, 0.15) is 40.1 Å². The van der Waals surface area contributed by atoms with Gasteiger partial charge in [0.15, 0.2) is 0 Å². The SMILES string of the molecule is COc1ccc(Oc2nc3c(C)cccn3c(=O)c2C=C(C#N)C(=O)NCc2ccco2)cc1. The van der Waals surface area contributed by atoms with Crippen molar-refractivity contribution >= 4 is 17.6 Å². The fourth-order valence-electron chi connectivity index (χ4n) is 3.22. The second-order valence-electron chi connectivity index (χ2n) is 7.23. The lowest BCUT2D eigenvalue weighted by atomic mass is 10.1. The predicted molar refractivity (Wildman–Crippen MR) is 123 cm³/mol. The van der Waals surface area contributed by atoms with Gasteiger partial charge < -0.3 is 19.2 Å². The van der Waals surface area contributed by atoms with Gasteiger partial charge in [0, 0.05) is 6.20 Å². The summed E-state index contributed by atoms with van der Waals surface area (Å²) in [5.74, 6) is 0.868. The Labute approximate surface area is 194 Å². The third kappa shape index (κ3) is 4.66. The molecular formula is C25H20N4O5. The van der Waals surface area contributed by atoms with Crippen molar-refractivity contribution in [2.45, 2.75) is 13.5 Å². The molecule has 0 saturated carbocycles. The Bertz CT molecular complexity index is 1460. The Hall–Kier alpha value is -4.84. The van der Waals surface area contributed by atoms with E-state index in [9.17, 15) is 14.9 Å². The quantitative estimate of drug-likeness (QED) is 0.333. The van der Waals surface area contributed by atoms with E-state index >= 15 is 0 Å². The number of benzene rings is 1. The molecule has 0 aliphatic rings. The number of aromatic nitrogens is 2. The molecule has 3 heterocycles. The molecule has 4 aromatic rings. The molecule has 0 aliphatic carbocycles. The maximum atomic E-state index is 13.3. The lowest BCUT2D eigenvalue weighted by Crippen LogP contribution is -2.25. The fourth-order valence-corrected chi connectivity index (χ4v) is 3.22. The normalized spacial score (nSPS) is 11.1. The van der Waals surface area contributed by atoms with Gasteiger partial charge >= 0.3 is 0 Å². The zero-order chi connectivity index (χ0) is 24.1. The van der Waals surface area contributed by atoms with Crippen LogP contribution in [0, 0.1) is 18.3 Å². The molecule has 0 bridgehead atoms. The summed E-state index contributed by atoms with van der Waals surface area (Å²) >= 11 is 0. The number of hydrogen-bond donors (Lipinski definition) is 1. The maximum absolute atomic E-state index is 13.3. The minimum absolute atomic E-state index is 0.0314. The van der Waals surface area contributed by atoms with Crippen molar-refractivity contribution < 1.29 is 18.7 Å². The number of fused-ring (bicyclic) bond motifs is 1. The van der Waals surface area contributed by atoms with Crippen LogP contribution in [0.3, 0.4) is 0 Å². The number of carbonyl (C=O) groups is 1. The van der Waals surface area contributed by atoms with Gasteiger partial charge in [-0.05, 0) is 61.0 Å². The Balaban J connectivity index is 1.77. The Morgan fingerprint density at radius 3 is 2.65 bits per heavy atom. The highest BCUT2D eigenvalue weighted by Gasteiger charge is 2.18. The van der Waals surface area contributed by atoms with Crippen molar-refractivity contribution in [2.75, 3.05) is 7.11 Å². The first-order chi connectivity index (χ1) is 16.5. The number of hydrogen-bond acceptors (Lipinski definition) is 7. The highest BCUT2D eigenvalue weighted by Crippen LogP contribution is 2.26. The van der Waals surface area contributed by atoms with Crippen LogP contribution in [0.2, 0.25) is 0 Å². The van der Waals surface area contributed by atoms with Crippen LogP contribution in [0.15, 0.2) is 75.8 Å².